The number of amides is 2. The van der Waals surface area contributed by atoms with Crippen molar-refractivity contribution in [1.29, 1.82) is 0 Å². The van der Waals surface area contributed by atoms with E-state index in [2.05, 4.69) is 5.32 Å². The molecule has 6 heteroatoms. The van der Waals surface area contributed by atoms with Gasteiger partial charge in [-0.2, -0.15) is 0 Å². The predicted octanol–water partition coefficient (Wildman–Crippen LogP) is 2.34. The van der Waals surface area contributed by atoms with Crippen LogP contribution in [0.3, 0.4) is 0 Å². The highest BCUT2D eigenvalue weighted by atomic mass is 35.5. The topological polar surface area (TPSA) is 58.6 Å². The smallest absolute Gasteiger partial charge is 0.253 e. The highest BCUT2D eigenvalue weighted by molar-refractivity contribution is 6.33. The molecule has 0 aromatic heterocycles. The van der Waals surface area contributed by atoms with Gasteiger partial charge in [0.05, 0.1) is 23.8 Å². The lowest BCUT2D eigenvalue weighted by Crippen LogP contribution is -2.52. The Labute approximate surface area is 141 Å². The van der Waals surface area contributed by atoms with Crippen molar-refractivity contribution in [3.8, 4) is 0 Å². The fourth-order valence-electron chi connectivity index (χ4n) is 2.58. The zero-order valence-corrected chi connectivity index (χ0v) is 14.3. The molecule has 0 unspecified atom stereocenters. The van der Waals surface area contributed by atoms with Gasteiger partial charge in [0.2, 0.25) is 5.91 Å². The average molecular weight is 339 g/mol. The van der Waals surface area contributed by atoms with Crippen molar-refractivity contribution in [2.75, 3.05) is 26.3 Å². The Morgan fingerprint density at radius 1 is 1.26 bits per heavy atom. The van der Waals surface area contributed by atoms with E-state index < -0.39 is 6.04 Å². The number of carbonyl (C=O) groups excluding carboxylic acids is 2. The van der Waals surface area contributed by atoms with Gasteiger partial charge in [0.25, 0.3) is 5.91 Å². The second kappa shape index (κ2) is 8.31. The summed E-state index contributed by atoms with van der Waals surface area (Å²) in [4.78, 5) is 26.9. The van der Waals surface area contributed by atoms with E-state index in [0.717, 1.165) is 0 Å². The highest BCUT2D eigenvalue weighted by Crippen LogP contribution is 2.16. The third-order valence-electron chi connectivity index (χ3n) is 3.75. The van der Waals surface area contributed by atoms with Crippen LogP contribution in [-0.4, -0.2) is 49.1 Å². The fourth-order valence-corrected chi connectivity index (χ4v) is 2.80. The van der Waals surface area contributed by atoms with Crippen LogP contribution >= 0.6 is 11.6 Å². The van der Waals surface area contributed by atoms with Crippen molar-refractivity contribution < 1.29 is 14.3 Å². The Morgan fingerprint density at radius 3 is 2.52 bits per heavy atom. The molecule has 0 aliphatic carbocycles. The second-order valence-corrected chi connectivity index (χ2v) is 6.48. The van der Waals surface area contributed by atoms with Crippen LogP contribution in [0.4, 0.5) is 0 Å². The molecule has 0 spiro atoms. The number of nitrogens with one attached hydrogen (secondary N) is 1. The third kappa shape index (κ3) is 4.94. The minimum Gasteiger partial charge on any atom is -0.378 e. The fraction of sp³-hybridized carbons (Fsp3) is 0.529. The minimum absolute atomic E-state index is 0.0533. The molecular weight excluding hydrogens is 316 g/mol. The van der Waals surface area contributed by atoms with E-state index in [1.165, 1.54) is 0 Å². The lowest BCUT2D eigenvalue weighted by Gasteiger charge is -2.31. The number of rotatable bonds is 5. The average Bonchev–Trinajstić information content (AvgIpc) is 2.54. The van der Waals surface area contributed by atoms with E-state index >= 15 is 0 Å². The number of benzene rings is 1. The van der Waals surface area contributed by atoms with Crippen LogP contribution in [0, 0.1) is 5.92 Å². The Kier molecular flexibility index (Phi) is 6.42. The lowest BCUT2D eigenvalue weighted by molar-refractivity contribution is -0.137. The normalized spacial score (nSPS) is 16.3. The molecule has 1 fully saturated rings. The molecule has 1 atom stereocenters. The molecule has 2 rings (SSSR count). The number of halogens is 1. The first kappa shape index (κ1) is 17.8. The summed E-state index contributed by atoms with van der Waals surface area (Å²) in [5.41, 5.74) is 0.387. The SMILES string of the molecule is CC(C)C[C@@H](NC(=O)c1ccccc1Cl)C(=O)N1CCOCC1. The summed E-state index contributed by atoms with van der Waals surface area (Å²) >= 11 is 6.06. The van der Waals surface area contributed by atoms with Gasteiger partial charge in [-0.05, 0) is 24.5 Å². The molecule has 5 nitrogen and oxygen atoms in total. The standard InChI is InChI=1S/C17H23ClN2O3/c1-12(2)11-15(17(22)20-7-9-23-10-8-20)19-16(21)13-5-3-4-6-14(13)18/h3-6,12,15H,7-11H2,1-2H3,(H,19,21)/t15-/m1/s1. The molecule has 1 N–H and O–H groups in total. The summed E-state index contributed by atoms with van der Waals surface area (Å²) in [6, 6.07) is 6.30. The van der Waals surface area contributed by atoms with Gasteiger partial charge in [0.1, 0.15) is 6.04 Å². The van der Waals surface area contributed by atoms with Crippen LogP contribution in [0.25, 0.3) is 0 Å². The van der Waals surface area contributed by atoms with Gasteiger partial charge in [0.15, 0.2) is 0 Å². The van der Waals surface area contributed by atoms with E-state index in [1.54, 1.807) is 29.2 Å². The lowest BCUT2D eigenvalue weighted by atomic mass is 10.0. The van der Waals surface area contributed by atoms with E-state index in [4.69, 9.17) is 16.3 Å². The molecule has 0 saturated carbocycles. The van der Waals surface area contributed by atoms with Crippen molar-refractivity contribution in [2.45, 2.75) is 26.3 Å². The summed E-state index contributed by atoms with van der Waals surface area (Å²) in [7, 11) is 0. The first-order valence-electron chi connectivity index (χ1n) is 7.91. The van der Waals surface area contributed by atoms with Crippen LogP contribution in [0.2, 0.25) is 5.02 Å². The maximum Gasteiger partial charge on any atom is 0.253 e. The Morgan fingerprint density at radius 2 is 1.91 bits per heavy atom. The maximum atomic E-state index is 12.7. The summed E-state index contributed by atoms with van der Waals surface area (Å²) in [6.07, 6.45) is 0.590. The molecule has 126 valence electrons. The van der Waals surface area contributed by atoms with Gasteiger partial charge in [-0.25, -0.2) is 0 Å². The number of carbonyl (C=O) groups is 2. The van der Waals surface area contributed by atoms with Crippen molar-refractivity contribution >= 4 is 23.4 Å². The van der Waals surface area contributed by atoms with Crippen LogP contribution in [0.5, 0.6) is 0 Å². The van der Waals surface area contributed by atoms with E-state index in [0.29, 0.717) is 43.3 Å². The zero-order chi connectivity index (χ0) is 16.8. The first-order chi connectivity index (χ1) is 11.0. The predicted molar refractivity (Wildman–Crippen MR) is 89.6 cm³/mol. The molecule has 2 amide bonds. The third-order valence-corrected chi connectivity index (χ3v) is 4.08. The highest BCUT2D eigenvalue weighted by Gasteiger charge is 2.28. The van der Waals surface area contributed by atoms with Crippen LogP contribution in [0.15, 0.2) is 24.3 Å². The van der Waals surface area contributed by atoms with Gasteiger partial charge in [0, 0.05) is 13.1 Å². The van der Waals surface area contributed by atoms with Gasteiger partial charge < -0.3 is 15.0 Å². The van der Waals surface area contributed by atoms with E-state index in [9.17, 15) is 9.59 Å². The molecule has 1 aromatic carbocycles. The van der Waals surface area contributed by atoms with Gasteiger partial charge >= 0.3 is 0 Å². The van der Waals surface area contributed by atoms with Gasteiger partial charge in [-0.1, -0.05) is 37.6 Å². The molecule has 0 radical (unpaired) electrons. The van der Waals surface area contributed by atoms with Crippen molar-refractivity contribution in [3.05, 3.63) is 34.9 Å². The van der Waals surface area contributed by atoms with Crippen LogP contribution < -0.4 is 5.32 Å². The zero-order valence-electron chi connectivity index (χ0n) is 13.5. The van der Waals surface area contributed by atoms with E-state index in [1.807, 2.05) is 13.8 Å². The second-order valence-electron chi connectivity index (χ2n) is 6.07. The van der Waals surface area contributed by atoms with Crippen LogP contribution in [-0.2, 0) is 9.53 Å². The molecule has 23 heavy (non-hydrogen) atoms. The number of hydrogen-bond donors (Lipinski definition) is 1. The van der Waals surface area contributed by atoms with Crippen LogP contribution in [0.1, 0.15) is 30.6 Å². The Balaban J connectivity index is 2.10. The van der Waals surface area contributed by atoms with E-state index in [-0.39, 0.29) is 17.7 Å². The number of ether oxygens (including phenoxy) is 1. The maximum absolute atomic E-state index is 12.7. The van der Waals surface area contributed by atoms with Gasteiger partial charge in [-0.3, -0.25) is 9.59 Å². The summed E-state index contributed by atoms with van der Waals surface area (Å²) in [6.45, 7) is 6.27. The quantitative estimate of drug-likeness (QED) is 0.896. The summed E-state index contributed by atoms with van der Waals surface area (Å²) in [5, 5.41) is 3.23. The number of hydrogen-bond acceptors (Lipinski definition) is 3. The minimum atomic E-state index is -0.545. The monoisotopic (exact) mass is 338 g/mol. The molecule has 0 bridgehead atoms. The molecule has 1 aliphatic heterocycles. The molecule has 1 aromatic rings. The number of morpholine rings is 1. The summed E-state index contributed by atoms with van der Waals surface area (Å²) in [5.74, 6) is -0.0817. The first-order valence-corrected chi connectivity index (χ1v) is 8.28. The molecular formula is C17H23ClN2O3. The van der Waals surface area contributed by atoms with Crippen molar-refractivity contribution in [3.63, 3.8) is 0 Å². The largest absolute Gasteiger partial charge is 0.378 e. The number of nitrogens with zero attached hydrogens (tertiary/aromatic N) is 1. The molecule has 1 heterocycles. The summed E-state index contributed by atoms with van der Waals surface area (Å²) < 4.78 is 5.28. The Hall–Kier alpha value is -1.59. The van der Waals surface area contributed by atoms with Crippen molar-refractivity contribution in [2.24, 2.45) is 5.92 Å². The van der Waals surface area contributed by atoms with Crippen molar-refractivity contribution in [1.82, 2.24) is 10.2 Å². The Bertz CT molecular complexity index is 557. The molecule has 1 aliphatic rings. The van der Waals surface area contributed by atoms with Gasteiger partial charge in [-0.15, -0.1) is 0 Å². The molecule has 1 saturated heterocycles.